The highest BCUT2D eigenvalue weighted by Gasteiger charge is 2.27. The Hall–Kier alpha value is -2.12. The zero-order valence-corrected chi connectivity index (χ0v) is 10.8. The number of aliphatic hydroxyl groups is 1. The van der Waals surface area contributed by atoms with Crippen LogP contribution < -0.4 is 4.90 Å². The molecule has 4 nitrogen and oxygen atoms in total. The summed E-state index contributed by atoms with van der Waals surface area (Å²) in [5.41, 5.74) is 2.26. The van der Waals surface area contributed by atoms with Crippen molar-refractivity contribution in [1.29, 1.82) is 0 Å². The van der Waals surface area contributed by atoms with E-state index in [4.69, 9.17) is 5.11 Å². The van der Waals surface area contributed by atoms with E-state index >= 15 is 0 Å². The lowest BCUT2D eigenvalue weighted by Crippen LogP contribution is -2.40. The average molecular weight is 257 g/mol. The highest BCUT2D eigenvalue weighted by atomic mass is 16.2. The number of carbonyl (C=O) groups is 2. The van der Waals surface area contributed by atoms with E-state index in [9.17, 15) is 9.59 Å². The van der Waals surface area contributed by atoms with Gasteiger partial charge in [0.05, 0.1) is 5.69 Å². The van der Waals surface area contributed by atoms with Crippen molar-refractivity contribution >= 4 is 17.5 Å². The molecule has 98 valence electrons. The number of aryl methyl sites for hydroxylation is 1. The van der Waals surface area contributed by atoms with Gasteiger partial charge in [-0.15, -0.1) is 0 Å². The van der Waals surface area contributed by atoms with E-state index in [0.717, 1.165) is 11.1 Å². The standard InChI is InChI=1S/C15H15NO3/c1-11-10-13(8-7-12(11)4-3-9-17)16-14(18)5-2-6-15(16)19/h7-8,10,17H,2,5-6,9H2,1H3. The van der Waals surface area contributed by atoms with Gasteiger partial charge in [-0.1, -0.05) is 11.8 Å². The summed E-state index contributed by atoms with van der Waals surface area (Å²) in [4.78, 5) is 24.9. The molecule has 0 spiro atoms. The van der Waals surface area contributed by atoms with Crippen molar-refractivity contribution in [3.63, 3.8) is 0 Å². The van der Waals surface area contributed by atoms with Crippen molar-refractivity contribution < 1.29 is 14.7 Å². The fourth-order valence-electron chi connectivity index (χ4n) is 2.10. The Kier molecular flexibility index (Phi) is 3.98. The number of rotatable bonds is 1. The second-order valence-electron chi connectivity index (χ2n) is 4.44. The number of carbonyl (C=O) groups excluding carboxylic acids is 2. The van der Waals surface area contributed by atoms with E-state index < -0.39 is 0 Å². The van der Waals surface area contributed by atoms with E-state index in [0.29, 0.717) is 24.9 Å². The van der Waals surface area contributed by atoms with Crippen molar-refractivity contribution in [2.75, 3.05) is 11.5 Å². The van der Waals surface area contributed by atoms with Crippen molar-refractivity contribution in [2.24, 2.45) is 0 Å². The molecule has 1 heterocycles. The van der Waals surface area contributed by atoms with Gasteiger partial charge in [0, 0.05) is 18.4 Å². The van der Waals surface area contributed by atoms with Gasteiger partial charge in [-0.25, -0.2) is 0 Å². The molecule has 4 heteroatoms. The molecule has 1 aromatic carbocycles. The van der Waals surface area contributed by atoms with Gasteiger partial charge in [0.15, 0.2) is 0 Å². The Morgan fingerprint density at radius 3 is 2.53 bits per heavy atom. The van der Waals surface area contributed by atoms with Gasteiger partial charge in [-0.2, -0.15) is 0 Å². The molecule has 2 rings (SSSR count). The Morgan fingerprint density at radius 2 is 1.95 bits per heavy atom. The van der Waals surface area contributed by atoms with E-state index in [2.05, 4.69) is 11.8 Å². The number of aliphatic hydroxyl groups excluding tert-OH is 1. The molecule has 0 atom stereocenters. The second kappa shape index (κ2) is 5.68. The summed E-state index contributed by atoms with van der Waals surface area (Å²) in [6.07, 6.45) is 1.46. The van der Waals surface area contributed by atoms with Crippen LogP contribution in [0.15, 0.2) is 18.2 Å². The maximum atomic E-state index is 11.8. The molecule has 19 heavy (non-hydrogen) atoms. The van der Waals surface area contributed by atoms with Gasteiger partial charge >= 0.3 is 0 Å². The van der Waals surface area contributed by atoms with Crippen LogP contribution in [0.3, 0.4) is 0 Å². The summed E-state index contributed by atoms with van der Waals surface area (Å²) >= 11 is 0. The maximum Gasteiger partial charge on any atom is 0.233 e. The summed E-state index contributed by atoms with van der Waals surface area (Å²) in [7, 11) is 0. The molecule has 0 unspecified atom stereocenters. The topological polar surface area (TPSA) is 57.6 Å². The maximum absolute atomic E-state index is 11.8. The second-order valence-corrected chi connectivity index (χ2v) is 4.44. The number of imide groups is 1. The van der Waals surface area contributed by atoms with Gasteiger partial charge in [-0.3, -0.25) is 14.5 Å². The zero-order valence-electron chi connectivity index (χ0n) is 10.8. The van der Waals surface area contributed by atoms with Crippen LogP contribution in [-0.4, -0.2) is 23.5 Å². The van der Waals surface area contributed by atoms with Crippen molar-refractivity contribution in [3.05, 3.63) is 29.3 Å². The molecule has 1 N–H and O–H groups in total. The smallest absolute Gasteiger partial charge is 0.233 e. The van der Waals surface area contributed by atoms with Gasteiger partial charge in [0.25, 0.3) is 0 Å². The highest BCUT2D eigenvalue weighted by Crippen LogP contribution is 2.24. The van der Waals surface area contributed by atoms with Crippen LogP contribution in [0.2, 0.25) is 0 Å². The molecule has 2 amide bonds. The van der Waals surface area contributed by atoms with E-state index in [1.165, 1.54) is 4.90 Å². The first kappa shape index (κ1) is 13.3. The molecule has 1 saturated heterocycles. The Morgan fingerprint density at radius 1 is 1.26 bits per heavy atom. The van der Waals surface area contributed by atoms with E-state index in [-0.39, 0.29) is 18.4 Å². The fraction of sp³-hybridized carbons (Fsp3) is 0.333. The predicted octanol–water partition coefficient (Wildman–Crippen LogP) is 1.38. The molecule has 0 aliphatic carbocycles. The van der Waals surface area contributed by atoms with Gasteiger partial charge in [0.2, 0.25) is 11.8 Å². The zero-order chi connectivity index (χ0) is 13.8. The molecule has 1 aromatic rings. The first-order valence-corrected chi connectivity index (χ1v) is 6.19. The fourth-order valence-corrected chi connectivity index (χ4v) is 2.10. The number of anilines is 1. The molecule has 1 aliphatic rings. The molecule has 0 bridgehead atoms. The van der Waals surface area contributed by atoms with Crippen molar-refractivity contribution in [2.45, 2.75) is 26.2 Å². The molecular formula is C15H15NO3. The summed E-state index contributed by atoms with van der Waals surface area (Å²) in [5.74, 6) is 5.11. The largest absolute Gasteiger partial charge is 0.384 e. The summed E-state index contributed by atoms with van der Waals surface area (Å²) < 4.78 is 0. The molecule has 0 saturated carbocycles. The normalized spacial score (nSPS) is 15.2. The van der Waals surface area contributed by atoms with E-state index in [1.54, 1.807) is 18.2 Å². The van der Waals surface area contributed by atoms with Crippen LogP contribution in [0.5, 0.6) is 0 Å². The molecular weight excluding hydrogens is 242 g/mol. The Balaban J connectivity index is 2.33. The van der Waals surface area contributed by atoms with Crippen LogP contribution in [0.4, 0.5) is 5.69 Å². The number of hydrogen-bond acceptors (Lipinski definition) is 3. The van der Waals surface area contributed by atoms with Crippen LogP contribution in [0.1, 0.15) is 30.4 Å². The lowest BCUT2D eigenvalue weighted by Gasteiger charge is -2.25. The number of nitrogens with zero attached hydrogens (tertiary/aromatic N) is 1. The van der Waals surface area contributed by atoms with Crippen LogP contribution in [-0.2, 0) is 9.59 Å². The minimum absolute atomic E-state index is 0.148. The van der Waals surface area contributed by atoms with Crippen molar-refractivity contribution in [1.82, 2.24) is 0 Å². The van der Waals surface area contributed by atoms with Gasteiger partial charge in [0.1, 0.15) is 6.61 Å². The van der Waals surface area contributed by atoms with Crippen molar-refractivity contribution in [3.8, 4) is 11.8 Å². The van der Waals surface area contributed by atoms with Gasteiger partial charge in [-0.05, 0) is 37.1 Å². The summed E-state index contributed by atoms with van der Waals surface area (Å²) in [6, 6.07) is 5.26. The minimum Gasteiger partial charge on any atom is -0.384 e. The first-order chi connectivity index (χ1) is 9.13. The molecule has 1 aliphatic heterocycles. The minimum atomic E-state index is -0.190. The third kappa shape index (κ3) is 2.83. The number of benzene rings is 1. The quantitative estimate of drug-likeness (QED) is 0.611. The summed E-state index contributed by atoms with van der Waals surface area (Å²) in [6.45, 7) is 1.67. The predicted molar refractivity (Wildman–Crippen MR) is 71.5 cm³/mol. The van der Waals surface area contributed by atoms with E-state index in [1.807, 2.05) is 6.92 Å². The monoisotopic (exact) mass is 257 g/mol. The van der Waals surface area contributed by atoms with Crippen LogP contribution >= 0.6 is 0 Å². The van der Waals surface area contributed by atoms with Gasteiger partial charge < -0.3 is 5.11 Å². The third-order valence-electron chi connectivity index (χ3n) is 3.05. The number of piperidine rings is 1. The molecule has 0 radical (unpaired) electrons. The number of amides is 2. The highest BCUT2D eigenvalue weighted by molar-refractivity contribution is 6.16. The SMILES string of the molecule is Cc1cc(N2C(=O)CCCC2=O)ccc1C#CCO. The molecule has 0 aromatic heterocycles. The number of hydrogen-bond donors (Lipinski definition) is 1. The third-order valence-corrected chi connectivity index (χ3v) is 3.05. The first-order valence-electron chi connectivity index (χ1n) is 6.19. The molecule has 1 fully saturated rings. The van der Waals surface area contributed by atoms with Crippen LogP contribution in [0, 0.1) is 18.8 Å². The summed E-state index contributed by atoms with van der Waals surface area (Å²) in [5, 5.41) is 8.68. The van der Waals surface area contributed by atoms with Crippen LogP contribution in [0.25, 0.3) is 0 Å². The Labute approximate surface area is 112 Å². The lowest BCUT2D eigenvalue weighted by atomic mass is 10.0. The average Bonchev–Trinajstić information content (AvgIpc) is 2.37. The lowest BCUT2D eigenvalue weighted by molar-refractivity contribution is -0.129. The Bertz CT molecular complexity index is 565.